The molecule has 3 rings (SSSR count). The summed E-state index contributed by atoms with van der Waals surface area (Å²) in [6.07, 6.45) is 0. The lowest BCUT2D eigenvalue weighted by Gasteiger charge is -2.37. The van der Waals surface area contributed by atoms with Crippen LogP contribution in [-0.4, -0.2) is 53.8 Å². The molecule has 1 aliphatic rings. The average molecular weight is 460 g/mol. The van der Waals surface area contributed by atoms with E-state index in [9.17, 15) is 22.8 Å². The first-order valence-corrected chi connectivity index (χ1v) is 9.87. The van der Waals surface area contributed by atoms with Gasteiger partial charge in [0, 0.05) is 31.2 Å². The number of nitrogens with zero attached hydrogens (tertiary/aromatic N) is 2. The molecule has 10 heteroatoms. The minimum absolute atomic E-state index is 0.239. The summed E-state index contributed by atoms with van der Waals surface area (Å²) in [7, 11) is 0. The number of carbonyl (C=O) groups is 2. The standard InChI is InChI=1S/C20H18Cl2F3N3O2/c1-11(19(29)26-16-5-4-15(23)17(24)18(16)25)27-6-8-28(9-7-27)20(30)13-3-2-12(21)10-14(13)22/h2-5,10-11H,6-9H2,1H3,(H,26,29). The third-order valence-corrected chi connectivity index (χ3v) is 5.53. The highest BCUT2D eigenvalue weighted by Gasteiger charge is 2.29. The van der Waals surface area contributed by atoms with Crippen LogP contribution < -0.4 is 5.32 Å². The molecule has 30 heavy (non-hydrogen) atoms. The van der Waals surface area contributed by atoms with Gasteiger partial charge >= 0.3 is 0 Å². The van der Waals surface area contributed by atoms with Crippen molar-refractivity contribution >= 4 is 40.7 Å². The number of carbonyl (C=O) groups excluding carboxylic acids is 2. The van der Waals surface area contributed by atoms with Gasteiger partial charge < -0.3 is 10.2 Å². The van der Waals surface area contributed by atoms with Crippen molar-refractivity contribution in [2.45, 2.75) is 13.0 Å². The van der Waals surface area contributed by atoms with E-state index in [-0.39, 0.29) is 10.9 Å². The predicted molar refractivity (Wildman–Crippen MR) is 108 cm³/mol. The van der Waals surface area contributed by atoms with Gasteiger partial charge in [-0.05, 0) is 37.3 Å². The van der Waals surface area contributed by atoms with Crippen LogP contribution in [0.15, 0.2) is 30.3 Å². The maximum Gasteiger partial charge on any atom is 0.255 e. The molecule has 5 nitrogen and oxygen atoms in total. The molecule has 0 bridgehead atoms. The van der Waals surface area contributed by atoms with E-state index in [1.165, 1.54) is 6.07 Å². The number of piperazine rings is 1. The Hall–Kier alpha value is -2.29. The maximum absolute atomic E-state index is 13.8. The zero-order valence-electron chi connectivity index (χ0n) is 15.9. The van der Waals surface area contributed by atoms with E-state index in [4.69, 9.17) is 23.2 Å². The van der Waals surface area contributed by atoms with Gasteiger partial charge in [-0.2, -0.15) is 0 Å². The quantitative estimate of drug-likeness (QED) is 0.697. The summed E-state index contributed by atoms with van der Waals surface area (Å²) in [5, 5.41) is 2.96. The Morgan fingerprint density at radius 2 is 1.67 bits per heavy atom. The van der Waals surface area contributed by atoms with E-state index in [0.717, 1.165) is 12.1 Å². The van der Waals surface area contributed by atoms with Gasteiger partial charge in [0.15, 0.2) is 17.5 Å². The smallest absolute Gasteiger partial charge is 0.255 e. The predicted octanol–water partition coefficient (Wildman–Crippen LogP) is 4.20. The van der Waals surface area contributed by atoms with Gasteiger partial charge in [0.25, 0.3) is 5.91 Å². The van der Waals surface area contributed by atoms with E-state index in [1.807, 2.05) is 0 Å². The fourth-order valence-electron chi connectivity index (χ4n) is 3.17. The number of rotatable bonds is 4. The van der Waals surface area contributed by atoms with E-state index in [1.54, 1.807) is 28.9 Å². The summed E-state index contributed by atoms with van der Waals surface area (Å²) in [5.74, 6) is -5.24. The van der Waals surface area contributed by atoms with Crippen LogP contribution in [0.4, 0.5) is 18.9 Å². The van der Waals surface area contributed by atoms with Crippen molar-refractivity contribution in [3.05, 3.63) is 63.4 Å². The van der Waals surface area contributed by atoms with Gasteiger partial charge in [0.05, 0.1) is 22.3 Å². The highest BCUT2D eigenvalue weighted by Crippen LogP contribution is 2.23. The number of amides is 2. The first-order chi connectivity index (χ1) is 14.2. The Morgan fingerprint density at radius 1 is 1.00 bits per heavy atom. The topological polar surface area (TPSA) is 52.7 Å². The van der Waals surface area contributed by atoms with Crippen LogP contribution in [-0.2, 0) is 4.79 Å². The van der Waals surface area contributed by atoms with Crippen LogP contribution in [0, 0.1) is 17.5 Å². The van der Waals surface area contributed by atoms with Crippen LogP contribution in [0.5, 0.6) is 0 Å². The van der Waals surface area contributed by atoms with Gasteiger partial charge in [-0.3, -0.25) is 14.5 Å². The molecule has 2 aromatic rings. The van der Waals surface area contributed by atoms with Crippen molar-refractivity contribution in [1.82, 2.24) is 9.80 Å². The second-order valence-corrected chi connectivity index (χ2v) is 7.68. The second-order valence-electron chi connectivity index (χ2n) is 6.84. The summed E-state index contributed by atoms with van der Waals surface area (Å²) in [4.78, 5) is 28.5. The first kappa shape index (κ1) is 22.4. The summed E-state index contributed by atoms with van der Waals surface area (Å²) >= 11 is 12.0. The molecule has 2 aromatic carbocycles. The van der Waals surface area contributed by atoms with Crippen molar-refractivity contribution in [2.75, 3.05) is 31.5 Å². The molecule has 1 atom stereocenters. The normalized spacial score (nSPS) is 15.7. The lowest BCUT2D eigenvalue weighted by molar-refractivity contribution is -0.121. The maximum atomic E-state index is 13.8. The van der Waals surface area contributed by atoms with Crippen molar-refractivity contribution in [3.63, 3.8) is 0 Å². The number of benzene rings is 2. The van der Waals surface area contributed by atoms with Crippen LogP contribution >= 0.6 is 23.2 Å². The lowest BCUT2D eigenvalue weighted by atomic mass is 10.1. The van der Waals surface area contributed by atoms with Gasteiger partial charge in [0.2, 0.25) is 5.91 Å². The Morgan fingerprint density at radius 3 is 2.30 bits per heavy atom. The molecule has 0 spiro atoms. The van der Waals surface area contributed by atoms with Gasteiger partial charge in [0.1, 0.15) is 0 Å². The molecule has 2 amide bonds. The summed E-state index contributed by atoms with van der Waals surface area (Å²) in [6.45, 7) is 3.11. The summed E-state index contributed by atoms with van der Waals surface area (Å²) in [5.41, 5.74) is -0.0916. The number of halogens is 5. The van der Waals surface area contributed by atoms with Crippen molar-refractivity contribution in [1.29, 1.82) is 0 Å². The number of hydrogen-bond donors (Lipinski definition) is 1. The lowest BCUT2D eigenvalue weighted by Crippen LogP contribution is -2.54. The van der Waals surface area contributed by atoms with E-state index < -0.39 is 35.1 Å². The summed E-state index contributed by atoms with van der Waals surface area (Å²) < 4.78 is 40.2. The van der Waals surface area contributed by atoms with Gasteiger partial charge in [-0.15, -0.1) is 0 Å². The molecule has 160 valence electrons. The minimum atomic E-state index is -1.64. The monoisotopic (exact) mass is 459 g/mol. The van der Waals surface area contributed by atoms with Crippen molar-refractivity contribution in [3.8, 4) is 0 Å². The molecular weight excluding hydrogens is 442 g/mol. The van der Waals surface area contributed by atoms with Crippen LogP contribution in [0.2, 0.25) is 10.0 Å². The molecule has 1 aliphatic heterocycles. The van der Waals surface area contributed by atoms with Gasteiger partial charge in [-0.1, -0.05) is 23.2 Å². The molecule has 1 unspecified atom stereocenters. The first-order valence-electron chi connectivity index (χ1n) is 9.11. The molecular formula is C20H18Cl2F3N3O2. The Balaban J connectivity index is 1.59. The highest BCUT2D eigenvalue weighted by molar-refractivity contribution is 6.36. The third kappa shape index (κ3) is 4.71. The fourth-order valence-corrected chi connectivity index (χ4v) is 3.66. The van der Waals surface area contributed by atoms with Crippen LogP contribution in [0.25, 0.3) is 0 Å². The molecule has 1 heterocycles. The summed E-state index contributed by atoms with van der Waals surface area (Å²) in [6, 6.07) is 5.67. The third-order valence-electron chi connectivity index (χ3n) is 4.98. The van der Waals surface area contributed by atoms with Crippen LogP contribution in [0.1, 0.15) is 17.3 Å². The number of nitrogens with one attached hydrogen (secondary N) is 1. The molecule has 0 aromatic heterocycles. The largest absolute Gasteiger partial charge is 0.336 e. The Labute approximate surface area is 181 Å². The van der Waals surface area contributed by atoms with E-state index in [0.29, 0.717) is 36.8 Å². The molecule has 1 saturated heterocycles. The molecule has 1 N–H and O–H groups in total. The Bertz CT molecular complexity index is 982. The molecule has 1 fully saturated rings. The van der Waals surface area contributed by atoms with Crippen molar-refractivity contribution < 1.29 is 22.8 Å². The number of anilines is 1. The molecule has 0 radical (unpaired) electrons. The second kappa shape index (κ2) is 9.24. The van der Waals surface area contributed by atoms with E-state index >= 15 is 0 Å². The van der Waals surface area contributed by atoms with Crippen LogP contribution in [0.3, 0.4) is 0 Å². The van der Waals surface area contributed by atoms with Crippen molar-refractivity contribution in [2.24, 2.45) is 0 Å². The zero-order chi connectivity index (χ0) is 22.0. The highest BCUT2D eigenvalue weighted by atomic mass is 35.5. The van der Waals surface area contributed by atoms with Gasteiger partial charge in [-0.25, -0.2) is 13.2 Å². The minimum Gasteiger partial charge on any atom is -0.336 e. The van der Waals surface area contributed by atoms with E-state index in [2.05, 4.69) is 5.32 Å². The number of hydrogen-bond acceptors (Lipinski definition) is 3. The Kier molecular flexibility index (Phi) is 6.90. The molecule has 0 aliphatic carbocycles. The fraction of sp³-hybridized carbons (Fsp3) is 0.300. The zero-order valence-corrected chi connectivity index (χ0v) is 17.4. The SMILES string of the molecule is CC(C(=O)Nc1ccc(F)c(F)c1F)N1CCN(C(=O)c2ccc(Cl)cc2Cl)CC1. The molecule has 0 saturated carbocycles. The average Bonchev–Trinajstić information content (AvgIpc) is 2.73.